The maximum atomic E-state index is 6.01. The van der Waals surface area contributed by atoms with E-state index in [1.165, 1.54) is 0 Å². The topological polar surface area (TPSA) is 15.7 Å². The highest BCUT2D eigenvalue weighted by atomic mass is 16.5. The van der Waals surface area contributed by atoms with Crippen LogP contribution in [0.4, 0.5) is 11.4 Å². The molecule has 2 aromatic rings. The molecular weight excluding hydrogens is 260 g/mol. The van der Waals surface area contributed by atoms with Gasteiger partial charge in [-0.25, -0.2) is 0 Å². The Hall–Kier alpha value is -2.00. The molecule has 0 aliphatic carbocycles. The van der Waals surface area contributed by atoms with Crippen LogP contribution in [0.3, 0.4) is 0 Å². The summed E-state index contributed by atoms with van der Waals surface area (Å²) in [7, 11) is 4.26. The van der Waals surface area contributed by atoms with Gasteiger partial charge in [0.05, 0.1) is 11.4 Å². The average Bonchev–Trinajstić information content (AvgIpc) is 2.51. The van der Waals surface area contributed by atoms with Gasteiger partial charge in [-0.05, 0) is 51.7 Å². The van der Waals surface area contributed by atoms with Crippen molar-refractivity contribution in [1.82, 2.24) is 4.90 Å². The van der Waals surface area contributed by atoms with Crippen LogP contribution in [0.1, 0.15) is 13.3 Å². The fraction of sp³-hybridized carbons (Fsp3) is 0.333. The predicted molar refractivity (Wildman–Crippen MR) is 87.7 cm³/mol. The second kappa shape index (κ2) is 5.78. The maximum absolute atomic E-state index is 6.01. The number of benzene rings is 2. The standard InChI is InChI=1S/C18H22N2O/c1-14(19(2)3)12-13-20-15-8-4-6-10-17(15)21-18-11-7-5-9-16(18)20/h4-11,14H,12-13H2,1-3H3. The molecule has 1 heterocycles. The van der Waals surface area contributed by atoms with Gasteiger partial charge in [0.2, 0.25) is 0 Å². The van der Waals surface area contributed by atoms with Crippen LogP contribution >= 0.6 is 0 Å². The second-order valence-electron chi connectivity index (χ2n) is 5.79. The molecular formula is C18H22N2O. The lowest BCUT2D eigenvalue weighted by Crippen LogP contribution is -2.30. The first-order valence-electron chi connectivity index (χ1n) is 7.46. The van der Waals surface area contributed by atoms with E-state index in [-0.39, 0.29) is 0 Å². The Morgan fingerprint density at radius 1 is 0.952 bits per heavy atom. The van der Waals surface area contributed by atoms with Crippen LogP contribution in [0.15, 0.2) is 48.5 Å². The quantitative estimate of drug-likeness (QED) is 0.833. The summed E-state index contributed by atoms with van der Waals surface area (Å²) in [4.78, 5) is 4.63. The number of para-hydroxylation sites is 4. The van der Waals surface area contributed by atoms with Crippen molar-refractivity contribution in [2.75, 3.05) is 25.5 Å². The number of hydrogen-bond acceptors (Lipinski definition) is 3. The molecule has 0 amide bonds. The van der Waals surface area contributed by atoms with Crippen LogP contribution in [0.2, 0.25) is 0 Å². The van der Waals surface area contributed by atoms with Crippen molar-refractivity contribution in [3.8, 4) is 11.5 Å². The normalized spacial score (nSPS) is 14.4. The summed E-state index contributed by atoms with van der Waals surface area (Å²) in [6.45, 7) is 3.25. The summed E-state index contributed by atoms with van der Waals surface area (Å²) in [5, 5.41) is 0. The SMILES string of the molecule is CC(CCN1c2ccccc2Oc2ccccc21)N(C)C. The molecule has 0 saturated heterocycles. The van der Waals surface area contributed by atoms with E-state index in [9.17, 15) is 0 Å². The van der Waals surface area contributed by atoms with E-state index in [1.54, 1.807) is 0 Å². The van der Waals surface area contributed by atoms with Crippen molar-refractivity contribution in [2.45, 2.75) is 19.4 Å². The Morgan fingerprint density at radius 2 is 1.48 bits per heavy atom. The third-order valence-electron chi connectivity index (χ3n) is 4.18. The average molecular weight is 282 g/mol. The van der Waals surface area contributed by atoms with E-state index in [1.807, 2.05) is 24.3 Å². The molecule has 0 bridgehead atoms. The van der Waals surface area contributed by atoms with Crippen LogP contribution in [0.25, 0.3) is 0 Å². The summed E-state index contributed by atoms with van der Waals surface area (Å²) in [6.07, 6.45) is 1.11. The molecule has 1 unspecified atom stereocenters. The number of hydrogen-bond donors (Lipinski definition) is 0. The molecule has 0 aromatic heterocycles. The van der Waals surface area contributed by atoms with Crippen molar-refractivity contribution in [3.05, 3.63) is 48.5 Å². The fourth-order valence-electron chi connectivity index (χ4n) is 2.60. The van der Waals surface area contributed by atoms with E-state index < -0.39 is 0 Å². The van der Waals surface area contributed by atoms with Crippen molar-refractivity contribution in [2.24, 2.45) is 0 Å². The molecule has 0 radical (unpaired) electrons. The lowest BCUT2D eigenvalue weighted by molar-refractivity contribution is 0.301. The third-order valence-corrected chi connectivity index (χ3v) is 4.18. The van der Waals surface area contributed by atoms with E-state index >= 15 is 0 Å². The van der Waals surface area contributed by atoms with Crippen molar-refractivity contribution < 1.29 is 4.74 Å². The van der Waals surface area contributed by atoms with Crippen LogP contribution in [0.5, 0.6) is 11.5 Å². The molecule has 110 valence electrons. The molecule has 0 N–H and O–H groups in total. The molecule has 1 atom stereocenters. The van der Waals surface area contributed by atoms with E-state index in [0.29, 0.717) is 6.04 Å². The second-order valence-corrected chi connectivity index (χ2v) is 5.79. The first kappa shape index (κ1) is 14.0. The molecule has 3 rings (SSSR count). The fourth-order valence-corrected chi connectivity index (χ4v) is 2.60. The first-order chi connectivity index (χ1) is 10.2. The highest BCUT2D eigenvalue weighted by Gasteiger charge is 2.23. The Bertz CT molecular complexity index is 579. The van der Waals surface area contributed by atoms with Gasteiger partial charge >= 0.3 is 0 Å². The number of rotatable bonds is 4. The minimum Gasteiger partial charge on any atom is -0.453 e. The predicted octanol–water partition coefficient (Wildman–Crippen LogP) is 4.27. The Balaban J connectivity index is 1.91. The maximum Gasteiger partial charge on any atom is 0.151 e. The van der Waals surface area contributed by atoms with Crippen LogP contribution in [0, 0.1) is 0 Å². The molecule has 0 fully saturated rings. The first-order valence-corrected chi connectivity index (χ1v) is 7.46. The van der Waals surface area contributed by atoms with Gasteiger partial charge in [-0.1, -0.05) is 24.3 Å². The summed E-state index contributed by atoms with van der Waals surface area (Å²) >= 11 is 0. The highest BCUT2D eigenvalue weighted by Crippen LogP contribution is 2.46. The lowest BCUT2D eigenvalue weighted by Gasteiger charge is -2.34. The third kappa shape index (κ3) is 2.74. The zero-order chi connectivity index (χ0) is 14.8. The zero-order valence-corrected chi connectivity index (χ0v) is 12.9. The smallest absolute Gasteiger partial charge is 0.151 e. The number of fused-ring (bicyclic) bond motifs is 2. The lowest BCUT2D eigenvalue weighted by atomic mass is 10.1. The molecule has 21 heavy (non-hydrogen) atoms. The summed E-state index contributed by atoms with van der Waals surface area (Å²) in [6, 6.07) is 17.1. The van der Waals surface area contributed by atoms with E-state index in [0.717, 1.165) is 35.8 Å². The van der Waals surface area contributed by atoms with Gasteiger partial charge < -0.3 is 14.5 Å². The highest BCUT2D eigenvalue weighted by molar-refractivity contribution is 5.77. The molecule has 1 aliphatic rings. The zero-order valence-electron chi connectivity index (χ0n) is 12.9. The van der Waals surface area contributed by atoms with Crippen molar-refractivity contribution in [1.29, 1.82) is 0 Å². The van der Waals surface area contributed by atoms with Gasteiger partial charge in [0.1, 0.15) is 0 Å². The van der Waals surface area contributed by atoms with Gasteiger partial charge in [-0.2, -0.15) is 0 Å². The molecule has 0 spiro atoms. The van der Waals surface area contributed by atoms with E-state index in [2.05, 4.69) is 55.1 Å². The van der Waals surface area contributed by atoms with Crippen molar-refractivity contribution >= 4 is 11.4 Å². The minimum atomic E-state index is 0.548. The molecule has 2 aromatic carbocycles. The summed E-state index contributed by atoms with van der Waals surface area (Å²) in [5.74, 6) is 1.88. The van der Waals surface area contributed by atoms with Gasteiger partial charge in [-0.15, -0.1) is 0 Å². The van der Waals surface area contributed by atoms with Crippen LogP contribution < -0.4 is 9.64 Å². The van der Waals surface area contributed by atoms with Gasteiger partial charge in [0.15, 0.2) is 11.5 Å². The number of anilines is 2. The van der Waals surface area contributed by atoms with Gasteiger partial charge in [-0.3, -0.25) is 0 Å². The molecule has 0 saturated carbocycles. The minimum absolute atomic E-state index is 0.548. The summed E-state index contributed by atoms with van der Waals surface area (Å²) < 4.78 is 6.01. The Kier molecular flexibility index (Phi) is 3.84. The molecule has 1 aliphatic heterocycles. The Labute approximate surface area is 126 Å². The van der Waals surface area contributed by atoms with Gasteiger partial charge in [0, 0.05) is 12.6 Å². The van der Waals surface area contributed by atoms with Crippen LogP contribution in [-0.2, 0) is 0 Å². The van der Waals surface area contributed by atoms with Crippen molar-refractivity contribution in [3.63, 3.8) is 0 Å². The summed E-state index contributed by atoms with van der Waals surface area (Å²) in [5.41, 5.74) is 2.31. The largest absolute Gasteiger partial charge is 0.453 e. The van der Waals surface area contributed by atoms with Gasteiger partial charge in [0.25, 0.3) is 0 Å². The molecule has 3 heteroatoms. The van der Waals surface area contributed by atoms with Crippen LogP contribution in [-0.4, -0.2) is 31.6 Å². The monoisotopic (exact) mass is 282 g/mol. The number of nitrogens with zero attached hydrogens (tertiary/aromatic N) is 2. The van der Waals surface area contributed by atoms with E-state index in [4.69, 9.17) is 4.74 Å². The molecule has 3 nitrogen and oxygen atoms in total. The number of ether oxygens (including phenoxy) is 1. The Morgan fingerprint density at radius 3 is 2.00 bits per heavy atom.